The maximum absolute atomic E-state index is 12.1. The Hall–Kier alpha value is -0.560. The van der Waals surface area contributed by atoms with Crippen LogP contribution in [0.3, 0.4) is 0 Å². The van der Waals surface area contributed by atoms with E-state index >= 15 is 0 Å². The molecule has 1 atom stereocenters. The minimum atomic E-state index is -4.50. The molecule has 0 saturated carbocycles. The lowest BCUT2D eigenvalue weighted by Gasteiger charge is -2.28. The highest BCUT2D eigenvalue weighted by Crippen LogP contribution is 2.20. The highest BCUT2D eigenvalue weighted by atomic mass is 32.2. The van der Waals surface area contributed by atoms with Crippen molar-refractivity contribution in [2.24, 2.45) is 5.92 Å². The number of carbonyl (C=O) groups is 1. The highest BCUT2D eigenvalue weighted by Gasteiger charge is 2.35. The number of halogens is 2. The molecule has 1 aliphatic heterocycles. The molecule has 1 saturated heterocycles. The number of nitrogens with zero attached hydrogens (tertiary/aromatic N) is 1. The summed E-state index contributed by atoms with van der Waals surface area (Å²) >= 11 is 0. The third kappa shape index (κ3) is 2.27. The highest BCUT2D eigenvalue weighted by molar-refractivity contribution is 7.89. The van der Waals surface area contributed by atoms with Gasteiger partial charge in [-0.25, -0.2) is 8.42 Å². The summed E-state index contributed by atoms with van der Waals surface area (Å²) in [6.07, 6.45) is 1.64. The Morgan fingerprint density at radius 3 is 2.57 bits per heavy atom. The minimum absolute atomic E-state index is 0.0804. The number of aldehydes is 1. The molecular weight excluding hydrogens is 216 g/mol. The number of hydrogen-bond donors (Lipinski definition) is 0. The zero-order valence-electron chi connectivity index (χ0n) is 7.40. The molecule has 4 nitrogen and oxygen atoms in total. The first-order valence-electron chi connectivity index (χ1n) is 4.21. The van der Waals surface area contributed by atoms with E-state index in [-0.39, 0.29) is 13.1 Å². The Kier molecular flexibility index (Phi) is 3.54. The second kappa shape index (κ2) is 4.31. The summed E-state index contributed by atoms with van der Waals surface area (Å²) in [6.45, 7) is -0.0345. The van der Waals surface area contributed by atoms with Gasteiger partial charge < -0.3 is 4.79 Å². The molecule has 1 fully saturated rings. The molecule has 82 valence electrons. The molecule has 14 heavy (non-hydrogen) atoms. The van der Waals surface area contributed by atoms with Gasteiger partial charge in [0.05, 0.1) is 0 Å². The van der Waals surface area contributed by atoms with Gasteiger partial charge >= 0.3 is 5.76 Å². The van der Waals surface area contributed by atoms with Crippen LogP contribution in [0.25, 0.3) is 0 Å². The fourth-order valence-electron chi connectivity index (χ4n) is 1.43. The van der Waals surface area contributed by atoms with E-state index in [4.69, 9.17) is 0 Å². The predicted molar refractivity (Wildman–Crippen MR) is 45.3 cm³/mol. The van der Waals surface area contributed by atoms with Crippen LogP contribution >= 0.6 is 0 Å². The Morgan fingerprint density at radius 2 is 2.07 bits per heavy atom. The van der Waals surface area contributed by atoms with Crippen molar-refractivity contribution in [3.05, 3.63) is 0 Å². The smallest absolute Gasteiger partial charge is 0.303 e. The molecule has 0 bridgehead atoms. The zero-order valence-corrected chi connectivity index (χ0v) is 8.21. The van der Waals surface area contributed by atoms with E-state index in [1.165, 1.54) is 0 Å². The second-order valence-corrected chi connectivity index (χ2v) is 5.10. The number of hydrogen-bond acceptors (Lipinski definition) is 3. The van der Waals surface area contributed by atoms with Crippen LogP contribution in [0.1, 0.15) is 12.8 Å². The number of piperidine rings is 1. The summed E-state index contributed by atoms with van der Waals surface area (Å²) in [4.78, 5) is 10.4. The molecule has 0 aromatic carbocycles. The van der Waals surface area contributed by atoms with Crippen LogP contribution in [-0.4, -0.2) is 37.9 Å². The number of sulfonamides is 1. The van der Waals surface area contributed by atoms with Crippen molar-refractivity contribution in [2.45, 2.75) is 18.6 Å². The maximum Gasteiger partial charge on any atom is 0.350 e. The summed E-state index contributed by atoms with van der Waals surface area (Å²) < 4.78 is 46.9. The van der Waals surface area contributed by atoms with E-state index in [0.29, 0.717) is 23.4 Å². The van der Waals surface area contributed by atoms with Gasteiger partial charge in [-0.05, 0) is 12.8 Å². The van der Waals surface area contributed by atoms with Gasteiger partial charge in [0.1, 0.15) is 6.29 Å². The van der Waals surface area contributed by atoms with Crippen molar-refractivity contribution in [3.8, 4) is 0 Å². The molecule has 7 heteroatoms. The average Bonchev–Trinajstić information content (AvgIpc) is 2.17. The Balaban J connectivity index is 2.74. The SMILES string of the molecule is O=CC1CCCN(S(=O)(=O)C(F)F)C1. The van der Waals surface area contributed by atoms with Gasteiger partial charge in [-0.1, -0.05) is 0 Å². The minimum Gasteiger partial charge on any atom is -0.303 e. The van der Waals surface area contributed by atoms with Crippen molar-refractivity contribution in [1.82, 2.24) is 4.31 Å². The van der Waals surface area contributed by atoms with Crippen LogP contribution in [0.5, 0.6) is 0 Å². The molecule has 0 aromatic rings. The molecule has 1 unspecified atom stereocenters. The van der Waals surface area contributed by atoms with E-state index in [2.05, 4.69) is 0 Å². The molecule has 0 amide bonds. The molecule has 1 rings (SSSR count). The standard InChI is InChI=1S/C7H11F2NO3S/c8-7(9)14(12,13)10-3-1-2-6(4-10)5-11/h5-7H,1-4H2. The maximum atomic E-state index is 12.1. The quantitative estimate of drug-likeness (QED) is 0.658. The normalized spacial score (nSPS) is 25.2. The van der Waals surface area contributed by atoms with E-state index in [1.54, 1.807) is 0 Å². The lowest BCUT2D eigenvalue weighted by molar-refractivity contribution is -0.112. The van der Waals surface area contributed by atoms with Crippen LogP contribution in [0, 0.1) is 5.92 Å². The molecule has 0 spiro atoms. The first-order valence-corrected chi connectivity index (χ1v) is 5.71. The molecule has 1 heterocycles. The number of carbonyl (C=O) groups excluding carboxylic acids is 1. The summed E-state index contributed by atoms with van der Waals surface area (Å²) in [6, 6.07) is 0. The average molecular weight is 227 g/mol. The monoisotopic (exact) mass is 227 g/mol. The molecular formula is C7H11F2NO3S. The first-order chi connectivity index (χ1) is 6.48. The summed E-state index contributed by atoms with van der Waals surface area (Å²) in [5.41, 5.74) is 0. The predicted octanol–water partition coefficient (Wildman–Crippen LogP) is 0.450. The van der Waals surface area contributed by atoms with Crippen LogP contribution in [0.2, 0.25) is 0 Å². The van der Waals surface area contributed by atoms with E-state index in [0.717, 1.165) is 0 Å². The van der Waals surface area contributed by atoms with Gasteiger partial charge in [0.15, 0.2) is 0 Å². The molecule has 0 N–H and O–H groups in total. The van der Waals surface area contributed by atoms with E-state index < -0.39 is 21.7 Å². The number of alkyl halides is 2. The summed E-state index contributed by atoms with van der Waals surface area (Å²) in [7, 11) is -4.50. The van der Waals surface area contributed by atoms with Crippen molar-refractivity contribution < 1.29 is 22.0 Å². The second-order valence-electron chi connectivity index (χ2n) is 3.20. The van der Waals surface area contributed by atoms with Gasteiger partial charge in [-0.2, -0.15) is 13.1 Å². The molecule has 0 aromatic heterocycles. The molecule has 1 aliphatic rings. The van der Waals surface area contributed by atoms with E-state index in [9.17, 15) is 22.0 Å². The Bertz CT molecular complexity index is 304. The fourth-order valence-corrected chi connectivity index (χ4v) is 2.44. The Labute approximate surface area is 80.9 Å². The van der Waals surface area contributed by atoms with Gasteiger partial charge in [0, 0.05) is 19.0 Å². The zero-order chi connectivity index (χ0) is 10.8. The fraction of sp³-hybridized carbons (Fsp3) is 0.857. The van der Waals surface area contributed by atoms with Crippen LogP contribution < -0.4 is 0 Å². The van der Waals surface area contributed by atoms with Gasteiger partial charge in [-0.3, -0.25) is 0 Å². The third-order valence-corrected chi connectivity index (χ3v) is 3.70. The first kappa shape index (κ1) is 11.5. The lowest BCUT2D eigenvalue weighted by atomic mass is 10.0. The van der Waals surface area contributed by atoms with Crippen molar-refractivity contribution in [2.75, 3.05) is 13.1 Å². The lowest BCUT2D eigenvalue weighted by Crippen LogP contribution is -2.42. The largest absolute Gasteiger partial charge is 0.350 e. The van der Waals surface area contributed by atoms with Crippen molar-refractivity contribution in [3.63, 3.8) is 0 Å². The van der Waals surface area contributed by atoms with Gasteiger partial charge in [-0.15, -0.1) is 0 Å². The molecule has 0 radical (unpaired) electrons. The molecule has 0 aliphatic carbocycles. The van der Waals surface area contributed by atoms with Crippen molar-refractivity contribution in [1.29, 1.82) is 0 Å². The summed E-state index contributed by atoms with van der Waals surface area (Å²) in [5, 5.41) is 0. The summed E-state index contributed by atoms with van der Waals surface area (Å²) in [5.74, 6) is -3.84. The van der Waals surface area contributed by atoms with Gasteiger partial charge in [0.25, 0.3) is 10.0 Å². The van der Waals surface area contributed by atoms with Crippen LogP contribution in [-0.2, 0) is 14.8 Å². The Morgan fingerprint density at radius 1 is 1.43 bits per heavy atom. The third-order valence-electron chi connectivity index (χ3n) is 2.20. The van der Waals surface area contributed by atoms with Crippen LogP contribution in [0.15, 0.2) is 0 Å². The van der Waals surface area contributed by atoms with Crippen molar-refractivity contribution >= 4 is 16.3 Å². The van der Waals surface area contributed by atoms with E-state index in [1.807, 2.05) is 0 Å². The topological polar surface area (TPSA) is 54.5 Å². The number of rotatable bonds is 3. The van der Waals surface area contributed by atoms with Crippen LogP contribution in [0.4, 0.5) is 8.78 Å². The van der Waals surface area contributed by atoms with Gasteiger partial charge in [0.2, 0.25) is 0 Å².